The third kappa shape index (κ3) is 6.36. The van der Waals surface area contributed by atoms with Crippen LogP contribution in [0.4, 0.5) is 0 Å². The molecule has 14 aromatic rings. The van der Waals surface area contributed by atoms with Crippen molar-refractivity contribution >= 4 is 115 Å². The van der Waals surface area contributed by atoms with E-state index in [-0.39, 0.29) is 0 Å². The molecule has 4 heterocycles. The highest BCUT2D eigenvalue weighted by molar-refractivity contribution is 7.36. The minimum absolute atomic E-state index is 1.23. The molecule has 0 fully saturated rings. The Labute approximate surface area is 397 Å². The van der Waals surface area contributed by atoms with Crippen LogP contribution < -0.4 is 0 Å². The molecule has 0 amide bonds. The third-order valence-corrected chi connectivity index (χ3v) is 18.2. The largest absolute Gasteiger partial charge is 0.135 e. The van der Waals surface area contributed by atoms with Gasteiger partial charge in [-0.25, -0.2) is 0 Å². The first-order chi connectivity index (χ1) is 32.6. The van der Waals surface area contributed by atoms with E-state index in [2.05, 4.69) is 218 Å². The van der Waals surface area contributed by atoms with Crippen molar-refractivity contribution in [2.45, 2.75) is 0 Å². The lowest BCUT2D eigenvalue weighted by Crippen LogP contribution is -1.82. The summed E-state index contributed by atoms with van der Waals surface area (Å²) >= 11 is 7.58. The lowest BCUT2D eigenvalue weighted by atomic mass is 9.97. The van der Waals surface area contributed by atoms with Crippen molar-refractivity contribution < 1.29 is 0 Å². The molecule has 4 aromatic heterocycles. The second kappa shape index (κ2) is 15.2. The minimum Gasteiger partial charge on any atom is -0.135 e. The quantitative estimate of drug-likeness (QED) is 0.156. The highest BCUT2D eigenvalue weighted by atomic mass is 32.1. The molecule has 0 radical (unpaired) electrons. The zero-order chi connectivity index (χ0) is 43.3. The van der Waals surface area contributed by atoms with Crippen LogP contribution in [-0.4, -0.2) is 0 Å². The molecule has 66 heavy (non-hydrogen) atoms. The van der Waals surface area contributed by atoms with Gasteiger partial charge in [-0.15, -0.1) is 45.3 Å². The van der Waals surface area contributed by atoms with Crippen LogP contribution in [0, 0.1) is 0 Å². The van der Waals surface area contributed by atoms with Crippen LogP contribution in [0.5, 0.6) is 0 Å². The third-order valence-electron chi connectivity index (χ3n) is 13.4. The van der Waals surface area contributed by atoms with E-state index in [0.29, 0.717) is 0 Å². The smallest absolute Gasteiger partial charge is 0.0542 e. The Balaban J connectivity index is 0.683. The SMILES string of the molecule is c1ccc2c(c1)sc1ccc(-c3ccc(-c4ccc(-c5ccc6c(c5)sc5c7ccc(-c8ccc(-c9ccc(-c%10ccc%11sc%12ccccc%12c%11c%10)cc9)cc8)cc7sc65)cc4)cc3)cc12. The van der Waals surface area contributed by atoms with Crippen molar-refractivity contribution in [3.63, 3.8) is 0 Å². The Morgan fingerprint density at radius 2 is 0.439 bits per heavy atom. The molecular weight excluding hydrogens is 873 g/mol. The van der Waals surface area contributed by atoms with Crippen molar-refractivity contribution in [2.24, 2.45) is 0 Å². The number of rotatable bonds is 6. The van der Waals surface area contributed by atoms with E-state index in [4.69, 9.17) is 0 Å². The zero-order valence-corrected chi connectivity index (χ0v) is 38.7. The fourth-order valence-electron chi connectivity index (χ4n) is 9.85. The van der Waals surface area contributed by atoms with Crippen molar-refractivity contribution in [1.29, 1.82) is 0 Å². The summed E-state index contributed by atoms with van der Waals surface area (Å²) in [5.41, 5.74) is 14.9. The van der Waals surface area contributed by atoms with E-state index in [1.54, 1.807) is 0 Å². The number of hydrogen-bond donors (Lipinski definition) is 0. The fourth-order valence-corrected chi connectivity index (χ4v) is 14.8. The summed E-state index contributed by atoms with van der Waals surface area (Å²) in [5, 5.41) is 8.05. The predicted molar refractivity (Wildman–Crippen MR) is 293 cm³/mol. The van der Waals surface area contributed by atoms with Crippen molar-refractivity contribution in [1.82, 2.24) is 0 Å². The molecule has 0 atom stereocenters. The molecular formula is C62H36S4. The van der Waals surface area contributed by atoms with Gasteiger partial charge in [0.15, 0.2) is 0 Å². The Morgan fingerprint density at radius 1 is 0.167 bits per heavy atom. The summed E-state index contributed by atoms with van der Waals surface area (Å²) in [6.07, 6.45) is 0. The maximum absolute atomic E-state index is 2.38. The summed E-state index contributed by atoms with van der Waals surface area (Å²) in [7, 11) is 0. The molecule has 0 aliphatic heterocycles. The van der Waals surface area contributed by atoms with E-state index >= 15 is 0 Å². The first-order valence-electron chi connectivity index (χ1n) is 22.3. The molecule has 0 saturated heterocycles. The molecule has 0 unspecified atom stereocenters. The Morgan fingerprint density at radius 3 is 0.803 bits per heavy atom. The summed E-state index contributed by atoms with van der Waals surface area (Å²) < 4.78 is 10.8. The van der Waals surface area contributed by atoms with Crippen molar-refractivity contribution in [3.05, 3.63) is 218 Å². The van der Waals surface area contributed by atoms with E-state index in [9.17, 15) is 0 Å². The Bertz CT molecular complexity index is 3900. The molecule has 0 saturated carbocycles. The molecule has 0 aliphatic rings. The van der Waals surface area contributed by atoms with Gasteiger partial charge in [0.05, 0.1) is 9.40 Å². The topological polar surface area (TPSA) is 0 Å². The zero-order valence-electron chi connectivity index (χ0n) is 35.4. The van der Waals surface area contributed by atoms with Gasteiger partial charge < -0.3 is 0 Å². The van der Waals surface area contributed by atoms with Crippen LogP contribution in [-0.2, 0) is 0 Å². The number of hydrogen-bond acceptors (Lipinski definition) is 4. The lowest BCUT2D eigenvalue weighted by Gasteiger charge is -2.08. The average Bonchev–Trinajstić information content (AvgIpc) is 4.15. The van der Waals surface area contributed by atoms with Crippen molar-refractivity contribution in [2.75, 3.05) is 0 Å². The van der Waals surface area contributed by atoms with Gasteiger partial charge in [-0.2, -0.15) is 0 Å². The van der Waals surface area contributed by atoms with Gasteiger partial charge in [0.2, 0.25) is 0 Å². The van der Waals surface area contributed by atoms with E-state index < -0.39 is 0 Å². The Kier molecular flexibility index (Phi) is 8.78. The summed E-state index contributed by atoms with van der Waals surface area (Å²) in [4.78, 5) is 0. The first kappa shape index (κ1) is 38.1. The lowest BCUT2D eigenvalue weighted by molar-refractivity contribution is 1.59. The van der Waals surface area contributed by atoms with Gasteiger partial charge in [-0.3, -0.25) is 0 Å². The van der Waals surface area contributed by atoms with Crippen LogP contribution in [0.15, 0.2) is 218 Å². The van der Waals surface area contributed by atoms with Gasteiger partial charge in [-0.05, 0) is 115 Å². The number of fused-ring (bicyclic) bond motifs is 11. The molecule has 4 heteroatoms. The fraction of sp³-hybridized carbons (Fsp3) is 0. The normalized spacial score (nSPS) is 11.9. The van der Waals surface area contributed by atoms with E-state index in [0.717, 1.165) is 0 Å². The standard InChI is InChI=1S/C62H36S4/c1-3-7-55-49(5-1)53-33-45(27-31-57(53)63-55)41-17-9-37(10-18-41)39-13-21-43(22-14-39)47-25-29-51-59(35-47)65-62-52-30-26-48(36-60(52)66-61(51)62)44-23-15-40(16-24-44)38-11-19-42(20-12-38)46-28-32-58-54(34-46)50-6-2-4-8-56(50)64-58/h1-36H. The summed E-state index contributed by atoms with van der Waals surface area (Å²) in [6.45, 7) is 0. The van der Waals surface area contributed by atoms with Crippen LogP contribution in [0.3, 0.4) is 0 Å². The highest BCUT2D eigenvalue weighted by Gasteiger charge is 2.15. The van der Waals surface area contributed by atoms with Gasteiger partial charge in [-0.1, -0.05) is 170 Å². The highest BCUT2D eigenvalue weighted by Crippen LogP contribution is 2.46. The van der Waals surface area contributed by atoms with Crippen LogP contribution >= 0.6 is 45.3 Å². The molecule has 0 N–H and O–H groups in total. The molecule has 0 bridgehead atoms. The monoisotopic (exact) mass is 908 g/mol. The maximum atomic E-state index is 2.38. The molecule has 14 rings (SSSR count). The second-order valence-corrected chi connectivity index (χ2v) is 21.5. The number of benzene rings is 10. The second-order valence-electron chi connectivity index (χ2n) is 17.2. The molecule has 308 valence electrons. The first-order valence-corrected chi connectivity index (χ1v) is 25.5. The van der Waals surface area contributed by atoms with Gasteiger partial charge in [0.25, 0.3) is 0 Å². The molecule has 10 aromatic carbocycles. The Hall–Kier alpha value is -7.18. The van der Waals surface area contributed by atoms with Crippen LogP contribution in [0.2, 0.25) is 0 Å². The molecule has 0 nitrogen and oxygen atoms in total. The number of thiophene rings is 4. The minimum atomic E-state index is 1.23. The molecule has 0 aliphatic carbocycles. The summed E-state index contributed by atoms with van der Waals surface area (Å²) in [6, 6.07) is 81.3. The maximum Gasteiger partial charge on any atom is 0.0542 e. The van der Waals surface area contributed by atoms with Crippen molar-refractivity contribution in [3.8, 4) is 66.8 Å². The van der Waals surface area contributed by atoms with Crippen LogP contribution in [0.25, 0.3) is 137 Å². The van der Waals surface area contributed by atoms with E-state index in [1.807, 2.05) is 45.3 Å². The summed E-state index contributed by atoms with van der Waals surface area (Å²) in [5.74, 6) is 0. The van der Waals surface area contributed by atoms with E-state index in [1.165, 1.54) is 137 Å². The average molecular weight is 909 g/mol. The van der Waals surface area contributed by atoms with Gasteiger partial charge in [0, 0.05) is 60.5 Å². The van der Waals surface area contributed by atoms with Gasteiger partial charge >= 0.3 is 0 Å². The predicted octanol–water partition coefficient (Wildman–Crippen LogP) is 20.0. The van der Waals surface area contributed by atoms with Gasteiger partial charge in [0.1, 0.15) is 0 Å². The van der Waals surface area contributed by atoms with Crippen LogP contribution in [0.1, 0.15) is 0 Å². The molecule has 0 spiro atoms.